The molecule has 3 aromatic rings. The van der Waals surface area contributed by atoms with Crippen LogP contribution in [-0.2, 0) is 6.54 Å². The van der Waals surface area contributed by atoms with Gasteiger partial charge in [0.05, 0.1) is 18.3 Å². The summed E-state index contributed by atoms with van der Waals surface area (Å²) in [5.74, 6) is 0.958. The van der Waals surface area contributed by atoms with Crippen molar-refractivity contribution < 1.29 is 4.74 Å². The van der Waals surface area contributed by atoms with Gasteiger partial charge in [-0.1, -0.05) is 30.3 Å². The number of unbranched alkanes of at least 4 members (excludes halogenated alkanes) is 1. The second-order valence-electron chi connectivity index (χ2n) is 5.30. The molecular weight excluding hydrogens is 260 g/mol. The third kappa shape index (κ3) is 3.43. The SMILES string of the molecule is Cc1cccc(OCCCCn2ncc3ccccc32)c1. The van der Waals surface area contributed by atoms with Crippen LogP contribution in [0.2, 0.25) is 0 Å². The lowest BCUT2D eigenvalue weighted by atomic mass is 10.2. The van der Waals surface area contributed by atoms with Gasteiger partial charge in [0.2, 0.25) is 0 Å². The van der Waals surface area contributed by atoms with Crippen LogP contribution in [0.5, 0.6) is 5.75 Å². The monoisotopic (exact) mass is 280 g/mol. The Morgan fingerprint density at radius 2 is 1.95 bits per heavy atom. The molecule has 3 nitrogen and oxygen atoms in total. The van der Waals surface area contributed by atoms with Gasteiger partial charge < -0.3 is 4.74 Å². The molecule has 0 bridgehead atoms. The molecule has 0 spiro atoms. The molecule has 2 aromatic carbocycles. The number of hydrogen-bond acceptors (Lipinski definition) is 2. The van der Waals surface area contributed by atoms with Gasteiger partial charge in [0.15, 0.2) is 0 Å². The number of fused-ring (bicyclic) bond motifs is 1. The summed E-state index contributed by atoms with van der Waals surface area (Å²) in [6.45, 7) is 3.77. The Bertz CT molecular complexity index is 718. The first-order valence-electron chi connectivity index (χ1n) is 7.43. The van der Waals surface area contributed by atoms with Gasteiger partial charge in [0, 0.05) is 11.9 Å². The molecule has 0 aliphatic heterocycles. The topological polar surface area (TPSA) is 27.1 Å². The number of para-hydroxylation sites is 1. The lowest BCUT2D eigenvalue weighted by molar-refractivity contribution is 0.302. The number of ether oxygens (including phenoxy) is 1. The molecule has 0 saturated carbocycles. The average Bonchev–Trinajstić information content (AvgIpc) is 2.90. The van der Waals surface area contributed by atoms with Crippen LogP contribution >= 0.6 is 0 Å². The van der Waals surface area contributed by atoms with Crippen LogP contribution in [-0.4, -0.2) is 16.4 Å². The summed E-state index contributed by atoms with van der Waals surface area (Å²) in [7, 11) is 0. The molecule has 3 rings (SSSR count). The standard InChI is InChI=1S/C18H20N2O/c1-15-7-6-9-17(13-15)21-12-5-4-11-20-18-10-3-2-8-16(18)14-19-20/h2-3,6-10,13-14H,4-5,11-12H2,1H3. The van der Waals surface area contributed by atoms with E-state index in [2.05, 4.69) is 47.0 Å². The fourth-order valence-electron chi connectivity index (χ4n) is 2.46. The van der Waals surface area contributed by atoms with E-state index in [-0.39, 0.29) is 0 Å². The van der Waals surface area contributed by atoms with Crippen molar-refractivity contribution in [1.29, 1.82) is 0 Å². The van der Waals surface area contributed by atoms with Gasteiger partial charge in [-0.25, -0.2) is 0 Å². The zero-order valence-corrected chi connectivity index (χ0v) is 12.3. The predicted octanol–water partition coefficient (Wildman–Crippen LogP) is 4.20. The van der Waals surface area contributed by atoms with Crippen LogP contribution in [0.3, 0.4) is 0 Å². The minimum atomic E-state index is 0.753. The number of benzene rings is 2. The van der Waals surface area contributed by atoms with Gasteiger partial charge in [-0.15, -0.1) is 0 Å². The lowest BCUT2D eigenvalue weighted by Crippen LogP contribution is -2.03. The number of hydrogen-bond donors (Lipinski definition) is 0. The largest absolute Gasteiger partial charge is 0.494 e. The molecule has 0 radical (unpaired) electrons. The molecule has 0 fully saturated rings. The summed E-state index contributed by atoms with van der Waals surface area (Å²) < 4.78 is 7.84. The van der Waals surface area contributed by atoms with Crippen LogP contribution < -0.4 is 4.74 Å². The number of aryl methyl sites for hydroxylation is 2. The van der Waals surface area contributed by atoms with Crippen LogP contribution in [0.1, 0.15) is 18.4 Å². The molecule has 0 unspecified atom stereocenters. The van der Waals surface area contributed by atoms with Crippen molar-refractivity contribution in [2.45, 2.75) is 26.3 Å². The Balaban J connectivity index is 1.46. The summed E-state index contributed by atoms with van der Waals surface area (Å²) in [4.78, 5) is 0. The first-order valence-corrected chi connectivity index (χ1v) is 7.43. The molecule has 108 valence electrons. The highest BCUT2D eigenvalue weighted by atomic mass is 16.5. The van der Waals surface area contributed by atoms with E-state index in [0.29, 0.717) is 0 Å². The molecule has 0 aliphatic rings. The number of nitrogens with zero attached hydrogens (tertiary/aromatic N) is 2. The molecule has 21 heavy (non-hydrogen) atoms. The zero-order valence-electron chi connectivity index (χ0n) is 12.3. The van der Waals surface area contributed by atoms with Crippen molar-refractivity contribution in [2.75, 3.05) is 6.61 Å². The smallest absolute Gasteiger partial charge is 0.119 e. The fraction of sp³-hybridized carbons (Fsp3) is 0.278. The quantitative estimate of drug-likeness (QED) is 0.633. The Kier molecular flexibility index (Phi) is 4.20. The van der Waals surface area contributed by atoms with Crippen molar-refractivity contribution in [3.63, 3.8) is 0 Å². The average molecular weight is 280 g/mol. The van der Waals surface area contributed by atoms with E-state index in [9.17, 15) is 0 Å². The Morgan fingerprint density at radius 3 is 2.86 bits per heavy atom. The van der Waals surface area contributed by atoms with E-state index in [1.54, 1.807) is 0 Å². The maximum atomic E-state index is 5.76. The third-order valence-electron chi connectivity index (χ3n) is 3.57. The molecule has 0 atom stereocenters. The predicted molar refractivity (Wildman–Crippen MR) is 85.6 cm³/mol. The number of aromatic nitrogens is 2. The summed E-state index contributed by atoms with van der Waals surface area (Å²) in [5.41, 5.74) is 2.44. The minimum Gasteiger partial charge on any atom is -0.494 e. The van der Waals surface area contributed by atoms with E-state index >= 15 is 0 Å². The molecular formula is C18H20N2O. The van der Waals surface area contributed by atoms with Crippen molar-refractivity contribution in [3.8, 4) is 5.75 Å². The first-order chi connectivity index (χ1) is 10.3. The summed E-state index contributed by atoms with van der Waals surface area (Å²) in [6, 6.07) is 16.5. The van der Waals surface area contributed by atoms with Crippen LogP contribution in [0.4, 0.5) is 0 Å². The van der Waals surface area contributed by atoms with E-state index in [0.717, 1.165) is 31.7 Å². The Hall–Kier alpha value is -2.29. The highest BCUT2D eigenvalue weighted by Crippen LogP contribution is 2.14. The zero-order chi connectivity index (χ0) is 14.5. The van der Waals surface area contributed by atoms with Crippen LogP contribution in [0.25, 0.3) is 10.9 Å². The molecule has 0 N–H and O–H groups in total. The first kappa shape index (κ1) is 13.7. The van der Waals surface area contributed by atoms with Crippen LogP contribution in [0.15, 0.2) is 54.7 Å². The molecule has 0 aliphatic carbocycles. The fourth-order valence-corrected chi connectivity index (χ4v) is 2.46. The van der Waals surface area contributed by atoms with Gasteiger partial charge in [-0.05, 0) is 43.5 Å². The summed E-state index contributed by atoms with van der Waals surface area (Å²) in [6.07, 6.45) is 4.03. The Labute approximate surface area is 125 Å². The molecule has 1 heterocycles. The maximum absolute atomic E-state index is 5.76. The summed E-state index contributed by atoms with van der Waals surface area (Å²) >= 11 is 0. The third-order valence-corrected chi connectivity index (χ3v) is 3.57. The molecule has 0 saturated heterocycles. The van der Waals surface area contributed by atoms with Crippen molar-refractivity contribution in [2.24, 2.45) is 0 Å². The van der Waals surface area contributed by atoms with Gasteiger partial charge in [-0.3, -0.25) is 4.68 Å². The highest BCUT2D eigenvalue weighted by molar-refractivity contribution is 5.78. The molecule has 3 heteroatoms. The van der Waals surface area contributed by atoms with E-state index < -0.39 is 0 Å². The van der Waals surface area contributed by atoms with E-state index in [1.807, 2.05) is 24.4 Å². The second kappa shape index (κ2) is 6.44. The minimum absolute atomic E-state index is 0.753. The van der Waals surface area contributed by atoms with E-state index in [1.165, 1.54) is 16.5 Å². The van der Waals surface area contributed by atoms with Gasteiger partial charge in [0.25, 0.3) is 0 Å². The highest BCUT2D eigenvalue weighted by Gasteiger charge is 2.01. The molecule has 1 aromatic heterocycles. The van der Waals surface area contributed by atoms with E-state index in [4.69, 9.17) is 4.74 Å². The normalized spacial score (nSPS) is 10.9. The van der Waals surface area contributed by atoms with Crippen molar-refractivity contribution >= 4 is 10.9 Å². The Morgan fingerprint density at radius 1 is 1.05 bits per heavy atom. The van der Waals surface area contributed by atoms with Gasteiger partial charge in [-0.2, -0.15) is 5.10 Å². The van der Waals surface area contributed by atoms with Gasteiger partial charge in [0.1, 0.15) is 5.75 Å². The lowest BCUT2D eigenvalue weighted by Gasteiger charge is -2.07. The van der Waals surface area contributed by atoms with Crippen LogP contribution in [0, 0.1) is 6.92 Å². The second-order valence-corrected chi connectivity index (χ2v) is 5.30. The van der Waals surface area contributed by atoms with Crippen molar-refractivity contribution in [1.82, 2.24) is 9.78 Å². The maximum Gasteiger partial charge on any atom is 0.119 e. The molecule has 0 amide bonds. The van der Waals surface area contributed by atoms with Gasteiger partial charge >= 0.3 is 0 Å². The van der Waals surface area contributed by atoms with Crippen molar-refractivity contribution in [3.05, 3.63) is 60.3 Å². The number of rotatable bonds is 6. The summed E-state index contributed by atoms with van der Waals surface area (Å²) in [5, 5.41) is 5.64.